The van der Waals surface area contributed by atoms with Crippen molar-refractivity contribution in [2.45, 2.75) is 45.1 Å². The highest BCUT2D eigenvalue weighted by Crippen LogP contribution is 2.26. The summed E-state index contributed by atoms with van der Waals surface area (Å²) in [5.74, 6) is -0.900. The SMILES string of the molecule is CC1CCCC(OC(=O)C(F)F)C1. The van der Waals surface area contributed by atoms with E-state index in [1.54, 1.807) is 0 Å². The van der Waals surface area contributed by atoms with E-state index < -0.39 is 12.4 Å². The van der Waals surface area contributed by atoms with Crippen LogP contribution in [0, 0.1) is 5.92 Å². The van der Waals surface area contributed by atoms with Crippen molar-refractivity contribution in [2.24, 2.45) is 5.92 Å². The molecule has 0 aromatic carbocycles. The molecule has 1 aliphatic rings. The van der Waals surface area contributed by atoms with Gasteiger partial charge in [0.25, 0.3) is 0 Å². The number of alkyl halides is 2. The maximum atomic E-state index is 11.8. The molecule has 0 heterocycles. The predicted molar refractivity (Wildman–Crippen MR) is 43.5 cm³/mol. The van der Waals surface area contributed by atoms with E-state index in [0.717, 1.165) is 25.7 Å². The van der Waals surface area contributed by atoms with Crippen LogP contribution in [0.25, 0.3) is 0 Å². The number of rotatable bonds is 2. The topological polar surface area (TPSA) is 26.3 Å². The normalized spacial score (nSPS) is 28.9. The molecule has 0 aromatic heterocycles. The third-order valence-corrected chi connectivity index (χ3v) is 2.35. The van der Waals surface area contributed by atoms with Gasteiger partial charge in [0.05, 0.1) is 0 Å². The summed E-state index contributed by atoms with van der Waals surface area (Å²) in [6, 6.07) is 0. The van der Waals surface area contributed by atoms with Crippen LogP contribution in [-0.2, 0) is 9.53 Å². The minimum atomic E-state index is -2.99. The molecule has 76 valence electrons. The van der Waals surface area contributed by atoms with Crippen molar-refractivity contribution in [1.82, 2.24) is 0 Å². The molecular weight excluding hydrogens is 178 g/mol. The summed E-state index contributed by atoms with van der Waals surface area (Å²) in [7, 11) is 0. The van der Waals surface area contributed by atoms with Gasteiger partial charge in [0, 0.05) is 0 Å². The minimum Gasteiger partial charge on any atom is -0.458 e. The molecule has 13 heavy (non-hydrogen) atoms. The number of carbonyl (C=O) groups is 1. The van der Waals surface area contributed by atoms with E-state index >= 15 is 0 Å². The Bertz CT molecular complexity index is 182. The van der Waals surface area contributed by atoms with Gasteiger partial charge in [-0.3, -0.25) is 0 Å². The molecule has 0 aromatic rings. The van der Waals surface area contributed by atoms with Crippen molar-refractivity contribution in [3.8, 4) is 0 Å². The smallest absolute Gasteiger partial charge is 0.374 e. The van der Waals surface area contributed by atoms with Gasteiger partial charge in [-0.2, -0.15) is 8.78 Å². The first-order chi connectivity index (χ1) is 6.09. The zero-order valence-electron chi connectivity index (χ0n) is 7.63. The molecule has 0 N–H and O–H groups in total. The lowest BCUT2D eigenvalue weighted by molar-refractivity contribution is -0.164. The molecule has 1 saturated carbocycles. The van der Waals surface area contributed by atoms with Crippen molar-refractivity contribution in [3.05, 3.63) is 0 Å². The molecule has 1 aliphatic carbocycles. The summed E-state index contributed by atoms with van der Waals surface area (Å²) >= 11 is 0. The van der Waals surface area contributed by atoms with Crippen LogP contribution in [-0.4, -0.2) is 18.5 Å². The molecule has 1 fully saturated rings. The monoisotopic (exact) mass is 192 g/mol. The second-order valence-electron chi connectivity index (χ2n) is 3.63. The first-order valence-electron chi connectivity index (χ1n) is 4.58. The number of halogens is 2. The van der Waals surface area contributed by atoms with Gasteiger partial charge in [0.1, 0.15) is 6.10 Å². The van der Waals surface area contributed by atoms with Gasteiger partial charge >= 0.3 is 12.4 Å². The molecule has 0 saturated heterocycles. The Hall–Kier alpha value is -0.670. The molecule has 2 unspecified atom stereocenters. The van der Waals surface area contributed by atoms with Crippen molar-refractivity contribution >= 4 is 5.97 Å². The highest BCUT2D eigenvalue weighted by Gasteiger charge is 2.25. The van der Waals surface area contributed by atoms with Gasteiger partial charge < -0.3 is 4.74 Å². The van der Waals surface area contributed by atoms with Gasteiger partial charge in [0.2, 0.25) is 0 Å². The zero-order chi connectivity index (χ0) is 9.84. The lowest BCUT2D eigenvalue weighted by Crippen LogP contribution is -2.27. The average molecular weight is 192 g/mol. The number of hydrogen-bond acceptors (Lipinski definition) is 2. The molecule has 0 bridgehead atoms. The lowest BCUT2D eigenvalue weighted by atomic mass is 9.89. The zero-order valence-corrected chi connectivity index (χ0v) is 7.63. The predicted octanol–water partition coefficient (Wildman–Crippen LogP) is 2.37. The third-order valence-electron chi connectivity index (χ3n) is 2.35. The lowest BCUT2D eigenvalue weighted by Gasteiger charge is -2.26. The van der Waals surface area contributed by atoms with Gasteiger partial charge in [0.15, 0.2) is 0 Å². The standard InChI is InChI=1S/C9H14F2O2/c1-6-3-2-4-7(5-6)13-9(12)8(10)11/h6-8H,2-5H2,1H3. The summed E-state index contributed by atoms with van der Waals surface area (Å²) in [4.78, 5) is 10.5. The van der Waals surface area contributed by atoms with Crippen LogP contribution in [0.5, 0.6) is 0 Å². The second kappa shape index (κ2) is 4.53. The van der Waals surface area contributed by atoms with E-state index in [1.165, 1.54) is 0 Å². The van der Waals surface area contributed by atoms with Crippen LogP contribution in [0.4, 0.5) is 8.78 Å². The van der Waals surface area contributed by atoms with Crippen LogP contribution < -0.4 is 0 Å². The Kier molecular flexibility index (Phi) is 3.63. The molecular formula is C9H14F2O2. The number of ether oxygens (including phenoxy) is 1. The van der Waals surface area contributed by atoms with Crippen LogP contribution >= 0.6 is 0 Å². The van der Waals surface area contributed by atoms with Crippen LogP contribution in [0.1, 0.15) is 32.6 Å². The van der Waals surface area contributed by atoms with E-state index in [9.17, 15) is 13.6 Å². The fourth-order valence-corrected chi connectivity index (χ4v) is 1.70. The third kappa shape index (κ3) is 3.28. The van der Waals surface area contributed by atoms with Crippen molar-refractivity contribution in [1.29, 1.82) is 0 Å². The maximum Gasteiger partial charge on any atom is 0.374 e. The van der Waals surface area contributed by atoms with E-state index in [-0.39, 0.29) is 6.10 Å². The quantitative estimate of drug-likeness (QED) is 0.628. The van der Waals surface area contributed by atoms with Gasteiger partial charge in [-0.25, -0.2) is 4.79 Å². The van der Waals surface area contributed by atoms with Gasteiger partial charge in [-0.15, -0.1) is 0 Å². The number of hydrogen-bond donors (Lipinski definition) is 0. The van der Waals surface area contributed by atoms with Crippen molar-refractivity contribution in [2.75, 3.05) is 0 Å². The van der Waals surface area contributed by atoms with Gasteiger partial charge in [-0.05, 0) is 25.2 Å². The Morgan fingerprint density at radius 2 is 2.15 bits per heavy atom. The number of carbonyl (C=O) groups excluding carboxylic acids is 1. The van der Waals surface area contributed by atoms with Crippen molar-refractivity contribution < 1.29 is 18.3 Å². The molecule has 0 aliphatic heterocycles. The summed E-state index contributed by atoms with van der Waals surface area (Å²) in [6.45, 7) is 2.04. The molecule has 1 rings (SSSR count). The Morgan fingerprint density at radius 1 is 1.46 bits per heavy atom. The molecule has 0 amide bonds. The van der Waals surface area contributed by atoms with Crippen molar-refractivity contribution in [3.63, 3.8) is 0 Å². The minimum absolute atomic E-state index is 0.287. The van der Waals surface area contributed by atoms with E-state index in [1.807, 2.05) is 6.92 Å². The molecule has 0 spiro atoms. The Balaban J connectivity index is 2.31. The van der Waals surface area contributed by atoms with Gasteiger partial charge in [-0.1, -0.05) is 13.3 Å². The fraction of sp³-hybridized carbons (Fsp3) is 0.889. The first-order valence-corrected chi connectivity index (χ1v) is 4.58. The maximum absolute atomic E-state index is 11.8. The van der Waals surface area contributed by atoms with E-state index in [2.05, 4.69) is 4.74 Å². The first kappa shape index (κ1) is 10.4. The Morgan fingerprint density at radius 3 is 2.69 bits per heavy atom. The van der Waals surface area contributed by atoms with Crippen LogP contribution in [0.2, 0.25) is 0 Å². The molecule has 2 atom stereocenters. The second-order valence-corrected chi connectivity index (χ2v) is 3.63. The summed E-state index contributed by atoms with van der Waals surface area (Å²) in [6.07, 6.45) is 0.231. The van der Waals surface area contributed by atoms with Crippen LogP contribution in [0.15, 0.2) is 0 Å². The Labute approximate surface area is 76.3 Å². The number of esters is 1. The molecule has 4 heteroatoms. The largest absolute Gasteiger partial charge is 0.458 e. The van der Waals surface area contributed by atoms with E-state index in [0.29, 0.717) is 5.92 Å². The molecule has 0 radical (unpaired) electrons. The average Bonchev–Trinajstić information content (AvgIpc) is 2.04. The molecule has 2 nitrogen and oxygen atoms in total. The summed E-state index contributed by atoms with van der Waals surface area (Å²) < 4.78 is 28.2. The highest BCUT2D eigenvalue weighted by molar-refractivity contribution is 5.72. The van der Waals surface area contributed by atoms with E-state index in [4.69, 9.17) is 0 Å². The van der Waals surface area contributed by atoms with Crippen LogP contribution in [0.3, 0.4) is 0 Å². The highest BCUT2D eigenvalue weighted by atomic mass is 19.3. The summed E-state index contributed by atoms with van der Waals surface area (Å²) in [5.41, 5.74) is 0. The fourth-order valence-electron chi connectivity index (χ4n) is 1.70. The summed E-state index contributed by atoms with van der Waals surface area (Å²) in [5, 5.41) is 0.